The van der Waals surface area contributed by atoms with Crippen molar-refractivity contribution < 1.29 is 13.7 Å². The van der Waals surface area contributed by atoms with Gasteiger partial charge in [-0.3, -0.25) is 4.79 Å². The molecule has 2 aromatic carbocycles. The summed E-state index contributed by atoms with van der Waals surface area (Å²) in [6.07, 6.45) is 0. The molecule has 0 radical (unpaired) electrons. The summed E-state index contributed by atoms with van der Waals surface area (Å²) in [5.41, 5.74) is 1.94. The van der Waals surface area contributed by atoms with Crippen molar-refractivity contribution in [3.8, 4) is 11.3 Å². The summed E-state index contributed by atoms with van der Waals surface area (Å²) >= 11 is 1.38. The molecule has 1 amide bonds. The third-order valence-electron chi connectivity index (χ3n) is 3.25. The maximum Gasteiger partial charge on any atom is 0.234 e. The summed E-state index contributed by atoms with van der Waals surface area (Å²) < 4.78 is 18.7. The number of thioether (sulfide) groups is 1. The van der Waals surface area contributed by atoms with Crippen LogP contribution in [0.2, 0.25) is 0 Å². The molecule has 1 aromatic heterocycles. The lowest BCUT2D eigenvalue weighted by Gasteiger charge is -2.05. The molecule has 1 N–H and O–H groups in total. The number of para-hydroxylation sites is 1. The molecule has 6 heteroatoms. The highest BCUT2D eigenvalue weighted by Gasteiger charge is 2.09. The van der Waals surface area contributed by atoms with Gasteiger partial charge in [0.15, 0.2) is 0 Å². The Hall–Kier alpha value is -2.60. The van der Waals surface area contributed by atoms with Gasteiger partial charge in [0.05, 0.1) is 17.2 Å². The molecule has 3 rings (SSSR count). The Balaban J connectivity index is 1.49. The quantitative estimate of drug-likeness (QED) is 0.723. The summed E-state index contributed by atoms with van der Waals surface area (Å²) in [7, 11) is 0. The van der Waals surface area contributed by atoms with Crippen LogP contribution in [0.25, 0.3) is 11.3 Å². The van der Waals surface area contributed by atoms with Crippen LogP contribution in [0.4, 0.5) is 10.1 Å². The van der Waals surface area contributed by atoms with Crippen LogP contribution < -0.4 is 5.32 Å². The molecule has 0 spiro atoms. The number of hydrogen-bond acceptors (Lipinski definition) is 4. The number of carbonyl (C=O) groups excluding carboxylic acids is 1. The van der Waals surface area contributed by atoms with Gasteiger partial charge in [-0.15, -0.1) is 11.8 Å². The van der Waals surface area contributed by atoms with Crippen LogP contribution in [0, 0.1) is 5.82 Å². The van der Waals surface area contributed by atoms with Gasteiger partial charge < -0.3 is 9.84 Å². The summed E-state index contributed by atoms with van der Waals surface area (Å²) in [4.78, 5) is 11.8. The first-order valence-electron chi connectivity index (χ1n) is 7.35. The van der Waals surface area contributed by atoms with E-state index in [1.54, 1.807) is 12.1 Å². The molecule has 24 heavy (non-hydrogen) atoms. The Morgan fingerprint density at radius 1 is 1.12 bits per heavy atom. The highest BCUT2D eigenvalue weighted by molar-refractivity contribution is 7.99. The molecule has 0 aliphatic rings. The highest BCUT2D eigenvalue weighted by Crippen LogP contribution is 2.21. The van der Waals surface area contributed by atoms with Crippen molar-refractivity contribution in [2.75, 3.05) is 11.1 Å². The van der Waals surface area contributed by atoms with Gasteiger partial charge in [0.25, 0.3) is 0 Å². The minimum Gasteiger partial charge on any atom is -0.360 e. The molecule has 0 aliphatic heterocycles. The number of benzene rings is 2. The normalized spacial score (nSPS) is 10.5. The van der Waals surface area contributed by atoms with Crippen LogP contribution in [0.15, 0.2) is 65.2 Å². The third kappa shape index (κ3) is 4.23. The zero-order valence-corrected chi connectivity index (χ0v) is 13.6. The predicted octanol–water partition coefficient (Wildman–Crippen LogP) is 4.35. The van der Waals surface area contributed by atoms with E-state index in [2.05, 4.69) is 10.5 Å². The Morgan fingerprint density at radius 2 is 1.88 bits per heavy atom. The fourth-order valence-corrected chi connectivity index (χ4v) is 2.82. The maximum atomic E-state index is 13.5. The van der Waals surface area contributed by atoms with Crippen LogP contribution >= 0.6 is 11.8 Å². The molecular formula is C18H15FN2O2S. The average molecular weight is 342 g/mol. The van der Waals surface area contributed by atoms with Gasteiger partial charge in [-0.05, 0) is 12.1 Å². The Kier molecular flexibility index (Phi) is 5.28. The van der Waals surface area contributed by atoms with E-state index in [-0.39, 0.29) is 17.3 Å². The average Bonchev–Trinajstić information content (AvgIpc) is 3.07. The Labute approximate surface area is 143 Å². The first-order valence-corrected chi connectivity index (χ1v) is 8.51. The van der Waals surface area contributed by atoms with Gasteiger partial charge in [0.1, 0.15) is 17.3 Å². The summed E-state index contributed by atoms with van der Waals surface area (Å²) in [6, 6.07) is 17.7. The number of nitrogens with one attached hydrogen (secondary N) is 1. The fourth-order valence-electron chi connectivity index (χ4n) is 2.12. The van der Waals surface area contributed by atoms with Gasteiger partial charge in [0.2, 0.25) is 5.91 Å². The van der Waals surface area contributed by atoms with Gasteiger partial charge in [-0.2, -0.15) is 0 Å². The third-order valence-corrected chi connectivity index (χ3v) is 4.21. The van der Waals surface area contributed by atoms with Crippen LogP contribution in [0.5, 0.6) is 0 Å². The summed E-state index contributed by atoms with van der Waals surface area (Å²) in [6.45, 7) is 0. The van der Waals surface area contributed by atoms with Crippen molar-refractivity contribution in [2.24, 2.45) is 0 Å². The van der Waals surface area contributed by atoms with Crippen molar-refractivity contribution in [3.63, 3.8) is 0 Å². The minimum atomic E-state index is -0.446. The van der Waals surface area contributed by atoms with E-state index < -0.39 is 5.82 Å². The number of amides is 1. The second kappa shape index (κ2) is 7.79. The van der Waals surface area contributed by atoms with Crippen molar-refractivity contribution in [1.29, 1.82) is 0 Å². The van der Waals surface area contributed by atoms with E-state index >= 15 is 0 Å². The zero-order valence-electron chi connectivity index (χ0n) is 12.7. The van der Waals surface area contributed by atoms with Crippen molar-refractivity contribution >= 4 is 23.4 Å². The standard InChI is InChI=1S/C18H15FN2O2S/c19-15-8-4-5-9-16(15)20-18(22)12-24-11-14-10-17(21-23-14)13-6-2-1-3-7-13/h1-10H,11-12H2,(H,20,22). The Morgan fingerprint density at radius 3 is 2.67 bits per heavy atom. The molecule has 3 aromatic rings. The molecule has 0 saturated carbocycles. The Bertz CT molecular complexity index is 821. The van der Waals surface area contributed by atoms with Gasteiger partial charge in [0, 0.05) is 11.6 Å². The van der Waals surface area contributed by atoms with Gasteiger partial charge in [-0.1, -0.05) is 47.6 Å². The second-order valence-electron chi connectivity index (χ2n) is 5.07. The van der Waals surface area contributed by atoms with Gasteiger partial charge in [-0.25, -0.2) is 4.39 Å². The smallest absolute Gasteiger partial charge is 0.234 e. The van der Waals surface area contributed by atoms with Crippen molar-refractivity contribution in [1.82, 2.24) is 5.16 Å². The van der Waals surface area contributed by atoms with E-state index in [4.69, 9.17) is 4.52 Å². The number of nitrogens with zero attached hydrogens (tertiary/aromatic N) is 1. The number of aromatic nitrogens is 1. The number of hydrogen-bond donors (Lipinski definition) is 1. The van der Waals surface area contributed by atoms with Crippen molar-refractivity contribution in [3.05, 3.63) is 72.2 Å². The molecule has 1 heterocycles. The molecule has 0 bridgehead atoms. The molecule has 0 atom stereocenters. The first kappa shape index (κ1) is 16.3. The SMILES string of the molecule is O=C(CSCc1cc(-c2ccccc2)no1)Nc1ccccc1F. The minimum absolute atomic E-state index is 0.189. The molecule has 0 fully saturated rings. The summed E-state index contributed by atoms with van der Waals surface area (Å²) in [5, 5.41) is 6.57. The molecule has 0 aliphatic carbocycles. The first-order chi connectivity index (χ1) is 11.7. The zero-order chi connectivity index (χ0) is 16.8. The lowest BCUT2D eigenvalue weighted by Crippen LogP contribution is -2.15. The van der Waals surface area contributed by atoms with E-state index in [1.807, 2.05) is 36.4 Å². The molecule has 0 saturated heterocycles. The second-order valence-corrected chi connectivity index (χ2v) is 6.05. The van der Waals surface area contributed by atoms with Crippen LogP contribution in [0.3, 0.4) is 0 Å². The van der Waals surface area contributed by atoms with E-state index in [9.17, 15) is 9.18 Å². The van der Waals surface area contributed by atoms with E-state index in [1.165, 1.54) is 23.9 Å². The molecular weight excluding hydrogens is 327 g/mol. The number of rotatable bonds is 6. The van der Waals surface area contributed by atoms with Crippen molar-refractivity contribution in [2.45, 2.75) is 5.75 Å². The molecule has 0 unspecified atom stereocenters. The lowest BCUT2D eigenvalue weighted by atomic mass is 10.1. The van der Waals surface area contributed by atoms with E-state index in [0.29, 0.717) is 11.5 Å². The molecule has 4 nitrogen and oxygen atoms in total. The van der Waals surface area contributed by atoms with Crippen LogP contribution in [-0.2, 0) is 10.5 Å². The monoisotopic (exact) mass is 342 g/mol. The number of carbonyl (C=O) groups is 1. The van der Waals surface area contributed by atoms with Gasteiger partial charge >= 0.3 is 0 Å². The van der Waals surface area contributed by atoms with Crippen LogP contribution in [-0.4, -0.2) is 16.8 Å². The number of halogens is 1. The van der Waals surface area contributed by atoms with Crippen LogP contribution in [0.1, 0.15) is 5.76 Å². The number of anilines is 1. The maximum absolute atomic E-state index is 13.5. The lowest BCUT2D eigenvalue weighted by molar-refractivity contribution is -0.113. The predicted molar refractivity (Wildman–Crippen MR) is 93.1 cm³/mol. The largest absolute Gasteiger partial charge is 0.360 e. The fraction of sp³-hybridized carbons (Fsp3) is 0.111. The topological polar surface area (TPSA) is 55.1 Å². The summed E-state index contributed by atoms with van der Waals surface area (Å²) in [5.74, 6) is 0.712. The van der Waals surface area contributed by atoms with E-state index in [0.717, 1.165) is 11.3 Å². The molecule has 122 valence electrons. The highest BCUT2D eigenvalue weighted by atomic mass is 32.2.